The molecule has 7 heterocycles. The monoisotopic (exact) mass is 924 g/mol. The van der Waals surface area contributed by atoms with E-state index >= 15 is 0 Å². The summed E-state index contributed by atoms with van der Waals surface area (Å²) in [4.78, 5) is 44.2. The first kappa shape index (κ1) is 43.1. The molecule has 0 atom stereocenters. The summed E-state index contributed by atoms with van der Waals surface area (Å²) < 4.78 is 17.7. The van der Waals surface area contributed by atoms with E-state index in [4.69, 9.17) is 41.1 Å². The number of nitrogens with two attached hydrogens (primary N) is 2. The maximum atomic E-state index is 12.9. The number of aryl methyl sites for hydroxylation is 2. The summed E-state index contributed by atoms with van der Waals surface area (Å²) in [6.07, 6.45) is 8.36. The number of nitrogen functional groups attached to an aromatic ring is 2. The molecule has 0 aliphatic heterocycles. The summed E-state index contributed by atoms with van der Waals surface area (Å²) in [5.74, 6) is -0.297. The summed E-state index contributed by atoms with van der Waals surface area (Å²) in [5, 5.41) is 37.7. The highest BCUT2D eigenvalue weighted by molar-refractivity contribution is 7.21. The highest BCUT2D eigenvalue weighted by Crippen LogP contribution is 2.37. The number of aromatic nitrogens is 12. The number of hydrogen-bond acceptors (Lipinski definition) is 20. The largest absolute Gasteiger partial charge is 0.465 e. The number of anilines is 2. The molecule has 0 saturated heterocycles. The Labute approximate surface area is 382 Å². The van der Waals surface area contributed by atoms with Gasteiger partial charge >= 0.3 is 11.9 Å². The lowest BCUT2D eigenvalue weighted by Gasteiger charge is -2.06. The number of esters is 2. The van der Waals surface area contributed by atoms with E-state index in [9.17, 15) is 9.59 Å². The van der Waals surface area contributed by atoms with Crippen LogP contribution in [0.25, 0.3) is 42.3 Å². The minimum atomic E-state index is -0.651. The van der Waals surface area contributed by atoms with E-state index in [0.717, 1.165) is 46.1 Å². The molecule has 0 aliphatic rings. The van der Waals surface area contributed by atoms with Gasteiger partial charge in [0.2, 0.25) is 10.3 Å². The van der Waals surface area contributed by atoms with Gasteiger partial charge in [0.15, 0.2) is 46.3 Å². The van der Waals surface area contributed by atoms with Crippen molar-refractivity contribution < 1.29 is 19.1 Å². The molecule has 0 amide bonds. The van der Waals surface area contributed by atoms with Crippen molar-refractivity contribution >= 4 is 89.7 Å². The maximum Gasteiger partial charge on any atom is 0.343 e. The molecule has 0 aliphatic carbocycles. The molecule has 0 unspecified atom stereocenters. The van der Waals surface area contributed by atoms with E-state index < -0.39 is 11.9 Å². The normalized spacial score (nSPS) is 11.8. The fourth-order valence-electron chi connectivity index (χ4n) is 6.86. The van der Waals surface area contributed by atoms with Crippen LogP contribution >= 0.6 is 22.7 Å². The van der Waals surface area contributed by atoms with Crippen molar-refractivity contribution in [3.8, 4) is 21.9 Å². The summed E-state index contributed by atoms with van der Waals surface area (Å²) in [7, 11) is 2.55. The molecule has 334 valence electrons. The van der Waals surface area contributed by atoms with Gasteiger partial charge in [-0.3, -0.25) is 0 Å². The molecule has 66 heavy (non-hydrogen) atoms. The predicted molar refractivity (Wildman–Crippen MR) is 247 cm³/mol. The van der Waals surface area contributed by atoms with Gasteiger partial charge in [-0.15, -0.1) is 20.5 Å². The lowest BCUT2D eigenvalue weighted by Crippen LogP contribution is -2.09. The number of methoxy groups -OCH3 is 2. The smallest absolute Gasteiger partial charge is 0.343 e. The van der Waals surface area contributed by atoms with E-state index in [1.165, 1.54) is 74.3 Å². The van der Waals surface area contributed by atoms with Gasteiger partial charge in [-0.05, 0) is 49.9 Å². The average molecular weight is 925 g/mol. The minimum absolute atomic E-state index is 0.0822. The molecular formula is C42H40N18O4S2. The van der Waals surface area contributed by atoms with E-state index in [2.05, 4.69) is 54.5 Å². The van der Waals surface area contributed by atoms with Crippen LogP contribution in [0.1, 0.15) is 71.6 Å². The summed E-state index contributed by atoms with van der Waals surface area (Å²) in [5.41, 5.74) is 17.0. The standard InChI is InChI=1S/C42H40N18O4S2/c1-5-7-13-27-33(51-53-37-23(39(61)63-3)20-47-59(37)41-49-25-15-9-11-17-29(25)65-41)35(43)57(55-27)31-19-32(46-22-45-31)58-36(44)34(28(56-58)14-8-6-2)52-54-38-24(40(62)64-4)21-48-60(38)42-50-26-16-10-12-18-30(26)66-42/h9-12,15-22H,5-8,13-14,43-44H2,1-4H3/b53-51+,54-52+. The van der Waals surface area contributed by atoms with Crippen LogP contribution in [0.4, 0.5) is 34.6 Å². The number of hydrogen-bond donors (Lipinski definition) is 2. The Morgan fingerprint density at radius 1 is 0.636 bits per heavy atom. The van der Waals surface area contributed by atoms with Gasteiger partial charge < -0.3 is 20.9 Å². The first-order chi connectivity index (χ1) is 32.2. The van der Waals surface area contributed by atoms with Crippen LogP contribution < -0.4 is 11.5 Å². The van der Waals surface area contributed by atoms with Gasteiger partial charge in [-0.25, -0.2) is 29.5 Å². The number of rotatable bonds is 16. The third-order valence-corrected chi connectivity index (χ3v) is 12.3. The SMILES string of the molecule is CCCCc1nn(-c2cc(-n3nc(CCCC)c(/N=N/c4c(C(=O)OC)cnn4-c4nc5ccccc5s4)c3N)ncn2)c(N)c1/N=N/c1c(C(=O)OC)cnn1-c1nc2ccccc2s1. The highest BCUT2D eigenvalue weighted by Gasteiger charge is 2.26. The van der Waals surface area contributed by atoms with Crippen molar-refractivity contribution in [2.24, 2.45) is 20.5 Å². The third-order valence-electron chi connectivity index (χ3n) is 10.3. The zero-order valence-electron chi connectivity index (χ0n) is 35.9. The number of para-hydroxylation sites is 2. The first-order valence-electron chi connectivity index (χ1n) is 20.7. The van der Waals surface area contributed by atoms with Crippen LogP contribution in [0.5, 0.6) is 0 Å². The van der Waals surface area contributed by atoms with Crippen LogP contribution in [0.15, 0.2) is 93.8 Å². The van der Waals surface area contributed by atoms with Crippen molar-refractivity contribution in [3.05, 3.63) is 95.8 Å². The van der Waals surface area contributed by atoms with Crippen LogP contribution in [-0.4, -0.2) is 85.2 Å². The molecule has 0 radical (unpaired) electrons. The number of azo groups is 2. The molecule has 0 spiro atoms. The fraction of sp³-hybridized carbons (Fsp3) is 0.238. The number of carbonyl (C=O) groups excluding carboxylic acids is 2. The Morgan fingerprint density at radius 2 is 1.08 bits per heavy atom. The van der Waals surface area contributed by atoms with E-state index in [0.29, 0.717) is 34.5 Å². The van der Waals surface area contributed by atoms with Crippen LogP contribution in [0.3, 0.4) is 0 Å². The Hall–Kier alpha value is -8.12. The average Bonchev–Trinajstić information content (AvgIpc) is 4.21. The Morgan fingerprint density at radius 3 is 1.48 bits per heavy atom. The summed E-state index contributed by atoms with van der Waals surface area (Å²) >= 11 is 2.76. The molecule has 9 aromatic rings. The van der Waals surface area contributed by atoms with E-state index in [-0.39, 0.29) is 57.4 Å². The van der Waals surface area contributed by atoms with Crippen molar-refractivity contribution in [2.45, 2.75) is 52.4 Å². The fourth-order valence-corrected chi connectivity index (χ4v) is 8.71. The second kappa shape index (κ2) is 18.5. The van der Waals surface area contributed by atoms with Gasteiger partial charge in [0.05, 0.1) is 58.4 Å². The second-order valence-electron chi connectivity index (χ2n) is 14.5. The first-order valence-corrected chi connectivity index (χ1v) is 22.3. The van der Waals surface area contributed by atoms with Crippen molar-refractivity contribution in [1.82, 2.24) is 59.1 Å². The van der Waals surface area contributed by atoms with Crippen LogP contribution in [-0.2, 0) is 22.3 Å². The number of ether oxygens (including phenoxy) is 2. The van der Waals surface area contributed by atoms with Crippen molar-refractivity contribution in [1.29, 1.82) is 0 Å². The predicted octanol–water partition coefficient (Wildman–Crippen LogP) is 8.69. The topological polar surface area (TPSA) is 277 Å². The molecule has 9 rings (SSSR count). The molecule has 24 heteroatoms. The zero-order valence-corrected chi connectivity index (χ0v) is 37.6. The molecule has 2 aromatic carbocycles. The van der Waals surface area contributed by atoms with E-state index in [1.807, 2.05) is 48.5 Å². The number of benzene rings is 2. The third kappa shape index (κ3) is 8.13. The number of carbonyl (C=O) groups is 2. The van der Waals surface area contributed by atoms with Gasteiger partial charge in [-0.2, -0.15) is 39.1 Å². The molecule has 22 nitrogen and oxygen atoms in total. The number of thiazole rings is 2. The number of unbranched alkanes of at least 4 members (excludes halogenated alkanes) is 2. The quantitative estimate of drug-likeness (QED) is 0.0677. The zero-order chi connectivity index (χ0) is 45.9. The van der Waals surface area contributed by atoms with E-state index in [1.54, 1.807) is 6.07 Å². The highest BCUT2D eigenvalue weighted by atomic mass is 32.1. The molecule has 0 saturated carbocycles. The van der Waals surface area contributed by atoms with Gasteiger partial charge in [-0.1, -0.05) is 73.6 Å². The van der Waals surface area contributed by atoms with Crippen molar-refractivity contribution in [2.75, 3.05) is 25.7 Å². The van der Waals surface area contributed by atoms with Crippen LogP contribution in [0.2, 0.25) is 0 Å². The van der Waals surface area contributed by atoms with Gasteiger partial charge in [0.1, 0.15) is 17.5 Å². The Kier molecular flexibility index (Phi) is 12.1. The maximum absolute atomic E-state index is 12.9. The lowest BCUT2D eigenvalue weighted by molar-refractivity contribution is 0.0592. The van der Waals surface area contributed by atoms with Crippen LogP contribution in [0, 0.1) is 0 Å². The molecule has 0 fully saturated rings. The molecule has 4 N–H and O–H groups in total. The Bertz CT molecular complexity index is 3040. The lowest BCUT2D eigenvalue weighted by atomic mass is 10.2. The molecule has 0 bridgehead atoms. The van der Waals surface area contributed by atoms with Gasteiger partial charge in [0, 0.05) is 6.07 Å². The number of nitrogens with zero attached hydrogens (tertiary/aromatic N) is 16. The second-order valence-corrected chi connectivity index (χ2v) is 16.5. The number of fused-ring (bicyclic) bond motifs is 2. The van der Waals surface area contributed by atoms with Crippen molar-refractivity contribution in [3.63, 3.8) is 0 Å². The Balaban J connectivity index is 1.09. The van der Waals surface area contributed by atoms with Gasteiger partial charge in [0.25, 0.3) is 0 Å². The molecular weight excluding hydrogens is 885 g/mol. The molecule has 7 aromatic heterocycles. The summed E-state index contributed by atoms with van der Waals surface area (Å²) in [6, 6.07) is 16.9. The summed E-state index contributed by atoms with van der Waals surface area (Å²) in [6.45, 7) is 4.12. The minimum Gasteiger partial charge on any atom is -0.465 e.